The van der Waals surface area contributed by atoms with Gasteiger partial charge in [-0.25, -0.2) is 4.79 Å². The van der Waals surface area contributed by atoms with Gasteiger partial charge in [0.25, 0.3) is 0 Å². The summed E-state index contributed by atoms with van der Waals surface area (Å²) in [5.41, 5.74) is -1.35. The first kappa shape index (κ1) is 17.5. The Labute approximate surface area is 132 Å². The Morgan fingerprint density at radius 3 is 2.41 bits per heavy atom. The Hall–Kier alpha value is -0.850. The minimum atomic E-state index is -0.750. The second-order valence-corrected chi connectivity index (χ2v) is 7.34. The number of ether oxygens (including phenoxy) is 2. The van der Waals surface area contributed by atoms with E-state index in [-0.39, 0.29) is 25.4 Å². The number of likely N-dealkylation sites (tertiary alicyclic amines) is 1. The van der Waals surface area contributed by atoms with Crippen LogP contribution in [0.25, 0.3) is 0 Å². The summed E-state index contributed by atoms with van der Waals surface area (Å²) in [4.78, 5) is 14.3. The summed E-state index contributed by atoms with van der Waals surface area (Å²) in [5.74, 6) is 0. The van der Waals surface area contributed by atoms with Crippen molar-refractivity contribution in [2.45, 2.75) is 82.8 Å². The van der Waals surface area contributed by atoms with Crippen molar-refractivity contribution < 1.29 is 24.5 Å². The Morgan fingerprint density at radius 2 is 1.86 bits per heavy atom. The molecule has 3 atom stereocenters. The summed E-state index contributed by atoms with van der Waals surface area (Å²) in [7, 11) is 0. The first-order valence-electron chi connectivity index (χ1n) is 8.23. The smallest absolute Gasteiger partial charge is 0.412 e. The molecule has 2 aliphatic heterocycles. The molecule has 1 amide bonds. The van der Waals surface area contributed by atoms with Gasteiger partial charge < -0.3 is 19.7 Å². The lowest BCUT2D eigenvalue weighted by Crippen LogP contribution is -2.64. The molecule has 0 aromatic heterocycles. The quantitative estimate of drug-likeness (QED) is 0.815. The van der Waals surface area contributed by atoms with Gasteiger partial charge in [0.1, 0.15) is 11.3 Å². The van der Waals surface area contributed by atoms with Crippen LogP contribution in [0.4, 0.5) is 4.79 Å². The highest BCUT2D eigenvalue weighted by Gasteiger charge is 2.50. The van der Waals surface area contributed by atoms with Gasteiger partial charge in [-0.1, -0.05) is 0 Å². The number of hydrogen-bond donors (Lipinski definition) is 2. The average Bonchev–Trinajstić information content (AvgIpc) is 2.44. The molecule has 6 heteroatoms. The Kier molecular flexibility index (Phi) is 5.35. The maximum Gasteiger partial charge on any atom is 0.412 e. The van der Waals surface area contributed by atoms with Gasteiger partial charge in [0, 0.05) is 0 Å². The molecular weight excluding hydrogens is 286 g/mol. The first-order valence-corrected chi connectivity index (χ1v) is 8.23. The van der Waals surface area contributed by atoms with E-state index in [1.807, 2.05) is 20.8 Å². The molecule has 2 rings (SSSR count). The zero-order chi connectivity index (χ0) is 16.4. The SMILES string of the molecule is CC(C)(C)OC(=O)N1C(CO)CCC[C@]12CCC[C@@H](CO)O2. The topological polar surface area (TPSA) is 79.2 Å². The zero-order valence-electron chi connectivity index (χ0n) is 13.9. The number of piperidine rings is 1. The third-order valence-corrected chi connectivity index (χ3v) is 4.39. The first-order chi connectivity index (χ1) is 10.3. The van der Waals surface area contributed by atoms with Crippen LogP contribution < -0.4 is 0 Å². The summed E-state index contributed by atoms with van der Waals surface area (Å²) >= 11 is 0. The molecular formula is C16H29NO5. The van der Waals surface area contributed by atoms with Gasteiger partial charge in [-0.3, -0.25) is 4.90 Å². The Bertz CT molecular complexity index is 388. The molecule has 0 aromatic rings. The van der Waals surface area contributed by atoms with Crippen LogP contribution in [-0.4, -0.2) is 57.9 Å². The average molecular weight is 315 g/mol. The fraction of sp³-hybridized carbons (Fsp3) is 0.938. The van der Waals surface area contributed by atoms with Gasteiger partial charge in [-0.05, 0) is 59.3 Å². The summed E-state index contributed by atoms with van der Waals surface area (Å²) < 4.78 is 11.6. The maximum absolute atomic E-state index is 12.7. The van der Waals surface area contributed by atoms with Crippen LogP contribution in [0.15, 0.2) is 0 Å². The largest absolute Gasteiger partial charge is 0.444 e. The summed E-state index contributed by atoms with van der Waals surface area (Å²) in [6, 6.07) is -0.291. The summed E-state index contributed by atoms with van der Waals surface area (Å²) in [5, 5.41) is 19.1. The van der Waals surface area contributed by atoms with Crippen LogP contribution in [0, 0.1) is 0 Å². The van der Waals surface area contributed by atoms with E-state index in [9.17, 15) is 15.0 Å². The van der Waals surface area contributed by atoms with E-state index in [0.29, 0.717) is 0 Å². The van der Waals surface area contributed by atoms with Gasteiger partial charge in [-0.15, -0.1) is 0 Å². The van der Waals surface area contributed by atoms with Crippen LogP contribution in [-0.2, 0) is 9.47 Å². The van der Waals surface area contributed by atoms with Crippen LogP contribution in [0.2, 0.25) is 0 Å². The van der Waals surface area contributed by atoms with Crippen molar-refractivity contribution in [2.24, 2.45) is 0 Å². The predicted molar refractivity (Wildman–Crippen MR) is 81.3 cm³/mol. The fourth-order valence-electron chi connectivity index (χ4n) is 3.52. The second-order valence-electron chi connectivity index (χ2n) is 7.34. The molecule has 1 spiro atoms. The molecule has 2 heterocycles. The number of amides is 1. The minimum Gasteiger partial charge on any atom is -0.444 e. The molecule has 0 saturated carbocycles. The van der Waals surface area contributed by atoms with Crippen molar-refractivity contribution in [2.75, 3.05) is 13.2 Å². The number of carbonyl (C=O) groups excluding carboxylic acids is 1. The Morgan fingerprint density at radius 1 is 1.23 bits per heavy atom. The maximum atomic E-state index is 12.7. The van der Waals surface area contributed by atoms with E-state index in [2.05, 4.69) is 0 Å². The molecule has 128 valence electrons. The molecule has 2 saturated heterocycles. The van der Waals surface area contributed by atoms with Crippen molar-refractivity contribution in [3.05, 3.63) is 0 Å². The number of aliphatic hydroxyl groups excluding tert-OH is 2. The highest BCUT2D eigenvalue weighted by atomic mass is 16.6. The molecule has 2 N–H and O–H groups in total. The predicted octanol–water partition coefficient (Wildman–Crippen LogP) is 2.03. The number of carbonyl (C=O) groups is 1. The molecule has 2 aliphatic rings. The molecule has 1 unspecified atom stereocenters. The number of nitrogens with zero attached hydrogens (tertiary/aromatic N) is 1. The van der Waals surface area contributed by atoms with Crippen LogP contribution >= 0.6 is 0 Å². The van der Waals surface area contributed by atoms with Gasteiger partial charge in [0.2, 0.25) is 0 Å². The van der Waals surface area contributed by atoms with Gasteiger partial charge in [0.05, 0.1) is 25.4 Å². The van der Waals surface area contributed by atoms with Gasteiger partial charge in [-0.2, -0.15) is 0 Å². The van der Waals surface area contributed by atoms with Crippen LogP contribution in [0.5, 0.6) is 0 Å². The lowest BCUT2D eigenvalue weighted by Gasteiger charge is -2.53. The third-order valence-electron chi connectivity index (χ3n) is 4.39. The molecule has 22 heavy (non-hydrogen) atoms. The van der Waals surface area contributed by atoms with Crippen molar-refractivity contribution in [1.29, 1.82) is 0 Å². The van der Waals surface area contributed by atoms with E-state index >= 15 is 0 Å². The normalized spacial score (nSPS) is 33.0. The van der Waals surface area contributed by atoms with E-state index in [1.54, 1.807) is 4.90 Å². The highest BCUT2D eigenvalue weighted by molar-refractivity contribution is 5.69. The molecule has 0 aliphatic carbocycles. The fourth-order valence-corrected chi connectivity index (χ4v) is 3.52. The van der Waals surface area contributed by atoms with E-state index in [0.717, 1.165) is 38.5 Å². The molecule has 6 nitrogen and oxygen atoms in total. The van der Waals surface area contributed by atoms with E-state index in [1.165, 1.54) is 0 Å². The molecule has 0 bridgehead atoms. The van der Waals surface area contributed by atoms with Crippen LogP contribution in [0.1, 0.15) is 59.3 Å². The van der Waals surface area contributed by atoms with Crippen molar-refractivity contribution in [3.8, 4) is 0 Å². The van der Waals surface area contributed by atoms with E-state index in [4.69, 9.17) is 9.47 Å². The molecule has 2 fully saturated rings. The number of rotatable bonds is 2. The lowest BCUT2D eigenvalue weighted by molar-refractivity contribution is -0.238. The highest BCUT2D eigenvalue weighted by Crippen LogP contribution is 2.42. The summed E-state index contributed by atoms with van der Waals surface area (Å²) in [6.07, 6.45) is 4.07. The van der Waals surface area contributed by atoms with Crippen molar-refractivity contribution in [1.82, 2.24) is 4.90 Å². The van der Waals surface area contributed by atoms with Crippen molar-refractivity contribution in [3.63, 3.8) is 0 Å². The van der Waals surface area contributed by atoms with E-state index < -0.39 is 17.4 Å². The second kappa shape index (κ2) is 6.72. The Balaban J connectivity index is 2.26. The lowest BCUT2D eigenvalue weighted by atomic mass is 9.86. The number of aliphatic hydroxyl groups is 2. The standard InChI is InChI=1S/C16H29NO5/c1-15(2,3)22-14(20)17-12(10-18)6-4-8-16(17)9-5-7-13(11-19)21-16/h12-13,18-19H,4-11H2,1-3H3/t12?,13-,16-/m0/s1. The van der Waals surface area contributed by atoms with Crippen LogP contribution in [0.3, 0.4) is 0 Å². The van der Waals surface area contributed by atoms with Crippen molar-refractivity contribution >= 4 is 6.09 Å². The third kappa shape index (κ3) is 3.73. The summed E-state index contributed by atoms with van der Waals surface area (Å²) in [6.45, 7) is 5.33. The van der Waals surface area contributed by atoms with Gasteiger partial charge >= 0.3 is 6.09 Å². The number of hydrogen-bond acceptors (Lipinski definition) is 5. The molecule has 0 radical (unpaired) electrons. The monoisotopic (exact) mass is 315 g/mol. The minimum absolute atomic E-state index is 0.0479. The van der Waals surface area contributed by atoms with Gasteiger partial charge in [0.15, 0.2) is 0 Å². The zero-order valence-corrected chi connectivity index (χ0v) is 13.9. The molecule has 0 aromatic carbocycles.